The third-order valence-electron chi connectivity index (χ3n) is 3.80. The predicted octanol–water partition coefficient (Wildman–Crippen LogP) is 1.42. The highest BCUT2D eigenvalue weighted by Gasteiger charge is 2.24. The van der Waals surface area contributed by atoms with Crippen molar-refractivity contribution in [2.45, 2.75) is 49.6 Å². The maximum absolute atomic E-state index is 12.3. The van der Waals surface area contributed by atoms with Gasteiger partial charge in [-0.05, 0) is 44.0 Å². The number of methoxy groups -OCH3 is 1. The summed E-state index contributed by atoms with van der Waals surface area (Å²) in [5.74, 6) is 0.287. The number of hydrogen-bond donors (Lipinski definition) is 2. The molecule has 2 N–H and O–H groups in total. The minimum absolute atomic E-state index is 0.105. The van der Waals surface area contributed by atoms with Crippen molar-refractivity contribution in [2.24, 2.45) is 0 Å². The lowest BCUT2D eigenvalue weighted by molar-refractivity contribution is -0.123. The van der Waals surface area contributed by atoms with E-state index < -0.39 is 16.1 Å². The van der Waals surface area contributed by atoms with Crippen LogP contribution in [0.5, 0.6) is 5.75 Å². The van der Waals surface area contributed by atoms with E-state index in [9.17, 15) is 13.2 Å². The lowest BCUT2D eigenvalue weighted by Crippen LogP contribution is -2.47. The van der Waals surface area contributed by atoms with Crippen LogP contribution in [0, 0.1) is 0 Å². The first kappa shape index (κ1) is 16.8. The molecule has 0 radical (unpaired) electrons. The van der Waals surface area contributed by atoms with Crippen LogP contribution in [0.3, 0.4) is 0 Å². The Hall–Kier alpha value is -1.60. The average molecular weight is 326 g/mol. The van der Waals surface area contributed by atoms with Gasteiger partial charge in [-0.3, -0.25) is 4.79 Å². The second kappa shape index (κ2) is 7.11. The van der Waals surface area contributed by atoms with Gasteiger partial charge in [0.05, 0.1) is 18.0 Å². The molecule has 0 bridgehead atoms. The van der Waals surface area contributed by atoms with E-state index >= 15 is 0 Å². The molecular weight excluding hydrogens is 304 g/mol. The average Bonchev–Trinajstić information content (AvgIpc) is 2.99. The van der Waals surface area contributed by atoms with Crippen LogP contribution in [0.25, 0.3) is 0 Å². The number of hydrogen-bond acceptors (Lipinski definition) is 4. The van der Waals surface area contributed by atoms with Crippen molar-refractivity contribution in [1.29, 1.82) is 0 Å². The fourth-order valence-corrected chi connectivity index (χ4v) is 3.71. The van der Waals surface area contributed by atoms with E-state index in [1.54, 1.807) is 19.1 Å². The number of amides is 1. The maximum atomic E-state index is 12.3. The van der Waals surface area contributed by atoms with Gasteiger partial charge < -0.3 is 10.1 Å². The van der Waals surface area contributed by atoms with Gasteiger partial charge in [-0.1, -0.05) is 12.8 Å². The SMILES string of the molecule is COc1ccc(S(=O)(=O)NC(C)C(=O)NC2CCCC2)cc1. The molecule has 1 aliphatic carbocycles. The number of carbonyl (C=O) groups is 1. The van der Waals surface area contributed by atoms with Gasteiger partial charge in [0.1, 0.15) is 5.75 Å². The molecular formula is C15H22N2O4S. The van der Waals surface area contributed by atoms with Crippen LogP contribution < -0.4 is 14.8 Å². The molecule has 0 aliphatic heterocycles. The number of rotatable bonds is 6. The molecule has 0 heterocycles. The van der Waals surface area contributed by atoms with Crippen molar-refractivity contribution in [3.05, 3.63) is 24.3 Å². The van der Waals surface area contributed by atoms with Crippen molar-refractivity contribution < 1.29 is 17.9 Å². The van der Waals surface area contributed by atoms with Crippen molar-refractivity contribution in [3.63, 3.8) is 0 Å². The van der Waals surface area contributed by atoms with Crippen molar-refractivity contribution in [1.82, 2.24) is 10.0 Å². The first-order valence-electron chi connectivity index (χ1n) is 7.39. The third-order valence-corrected chi connectivity index (χ3v) is 5.35. The second-order valence-electron chi connectivity index (χ2n) is 5.51. The first-order valence-corrected chi connectivity index (χ1v) is 8.87. The molecule has 1 atom stereocenters. The zero-order valence-electron chi connectivity index (χ0n) is 12.8. The molecule has 122 valence electrons. The summed E-state index contributed by atoms with van der Waals surface area (Å²) in [4.78, 5) is 12.2. The van der Waals surface area contributed by atoms with Crippen LogP contribution in [0.15, 0.2) is 29.2 Å². The highest BCUT2D eigenvalue weighted by molar-refractivity contribution is 7.89. The fourth-order valence-electron chi connectivity index (χ4n) is 2.51. The van der Waals surface area contributed by atoms with Crippen LogP contribution >= 0.6 is 0 Å². The third kappa shape index (κ3) is 4.20. The summed E-state index contributed by atoms with van der Waals surface area (Å²) in [6, 6.07) is 5.38. The Bertz CT molecular complexity index is 607. The molecule has 0 aromatic heterocycles. The zero-order valence-corrected chi connectivity index (χ0v) is 13.7. The van der Waals surface area contributed by atoms with Crippen molar-refractivity contribution in [2.75, 3.05) is 7.11 Å². The van der Waals surface area contributed by atoms with Gasteiger partial charge in [0, 0.05) is 6.04 Å². The van der Waals surface area contributed by atoms with E-state index in [1.807, 2.05) is 0 Å². The van der Waals surface area contributed by atoms with Crippen molar-refractivity contribution >= 4 is 15.9 Å². The maximum Gasteiger partial charge on any atom is 0.241 e. The fraction of sp³-hybridized carbons (Fsp3) is 0.533. The molecule has 1 saturated carbocycles. The first-order chi connectivity index (χ1) is 10.4. The van der Waals surface area contributed by atoms with E-state index in [0.29, 0.717) is 5.75 Å². The molecule has 22 heavy (non-hydrogen) atoms. The Balaban J connectivity index is 1.98. The monoisotopic (exact) mass is 326 g/mol. The van der Waals surface area contributed by atoms with E-state index in [4.69, 9.17) is 4.74 Å². The summed E-state index contributed by atoms with van der Waals surface area (Å²) in [7, 11) is -2.22. The molecule has 1 aliphatic rings. The summed E-state index contributed by atoms with van der Waals surface area (Å²) in [5, 5.41) is 2.89. The molecule has 6 nitrogen and oxygen atoms in total. The molecule has 7 heteroatoms. The van der Waals surface area contributed by atoms with Gasteiger partial charge in [0.25, 0.3) is 0 Å². The molecule has 1 amide bonds. The van der Waals surface area contributed by atoms with E-state index in [2.05, 4.69) is 10.0 Å². The standard InChI is InChI=1S/C15H22N2O4S/c1-11(15(18)16-12-5-3-4-6-12)17-22(19,20)14-9-7-13(21-2)8-10-14/h7-12,17H,3-6H2,1-2H3,(H,16,18). The largest absolute Gasteiger partial charge is 0.497 e. The van der Waals surface area contributed by atoms with Crippen LogP contribution in [0.4, 0.5) is 0 Å². The smallest absolute Gasteiger partial charge is 0.241 e. The summed E-state index contributed by atoms with van der Waals surface area (Å²) >= 11 is 0. The predicted molar refractivity (Wildman–Crippen MR) is 83.2 cm³/mol. The highest BCUT2D eigenvalue weighted by Crippen LogP contribution is 2.18. The Morgan fingerprint density at radius 2 is 1.82 bits per heavy atom. The lowest BCUT2D eigenvalue weighted by atomic mass is 10.2. The molecule has 1 fully saturated rings. The van der Waals surface area contributed by atoms with Gasteiger partial charge in [-0.25, -0.2) is 8.42 Å². The van der Waals surface area contributed by atoms with Crippen LogP contribution in [-0.4, -0.2) is 33.5 Å². The lowest BCUT2D eigenvalue weighted by Gasteiger charge is -2.18. The number of benzene rings is 1. The second-order valence-corrected chi connectivity index (χ2v) is 7.22. The Kier molecular flexibility index (Phi) is 5.42. The number of carbonyl (C=O) groups excluding carboxylic acids is 1. The van der Waals surface area contributed by atoms with E-state index in [0.717, 1.165) is 25.7 Å². The molecule has 1 unspecified atom stereocenters. The van der Waals surface area contributed by atoms with Crippen molar-refractivity contribution in [3.8, 4) is 5.75 Å². The minimum atomic E-state index is -3.73. The summed E-state index contributed by atoms with van der Waals surface area (Å²) in [6.07, 6.45) is 4.14. The quantitative estimate of drug-likeness (QED) is 0.828. The number of ether oxygens (including phenoxy) is 1. The highest BCUT2D eigenvalue weighted by atomic mass is 32.2. The normalized spacial score (nSPS) is 17.2. The number of nitrogens with one attached hydrogen (secondary N) is 2. The van der Waals surface area contributed by atoms with Crippen LogP contribution in [0.1, 0.15) is 32.6 Å². The van der Waals surface area contributed by atoms with Gasteiger partial charge >= 0.3 is 0 Å². The number of sulfonamides is 1. The van der Waals surface area contributed by atoms with E-state index in [-0.39, 0.29) is 16.8 Å². The molecule has 0 saturated heterocycles. The van der Waals surface area contributed by atoms with Gasteiger partial charge in [-0.2, -0.15) is 4.72 Å². The van der Waals surface area contributed by atoms with Gasteiger partial charge in [0.2, 0.25) is 15.9 Å². The van der Waals surface area contributed by atoms with Gasteiger partial charge in [-0.15, -0.1) is 0 Å². The Labute approximate surface area is 131 Å². The Morgan fingerprint density at radius 3 is 2.36 bits per heavy atom. The summed E-state index contributed by atoms with van der Waals surface area (Å²) < 4.78 is 31.9. The Morgan fingerprint density at radius 1 is 1.23 bits per heavy atom. The topological polar surface area (TPSA) is 84.5 Å². The summed E-state index contributed by atoms with van der Waals surface area (Å²) in [5.41, 5.74) is 0. The van der Waals surface area contributed by atoms with Gasteiger partial charge in [0.15, 0.2) is 0 Å². The van der Waals surface area contributed by atoms with Crippen LogP contribution in [0.2, 0.25) is 0 Å². The molecule has 1 aromatic rings. The van der Waals surface area contributed by atoms with Crippen LogP contribution in [-0.2, 0) is 14.8 Å². The molecule has 2 rings (SSSR count). The zero-order chi connectivity index (χ0) is 16.2. The molecule has 1 aromatic carbocycles. The minimum Gasteiger partial charge on any atom is -0.497 e. The molecule has 0 spiro atoms. The van der Waals surface area contributed by atoms with E-state index in [1.165, 1.54) is 19.2 Å². The summed E-state index contributed by atoms with van der Waals surface area (Å²) in [6.45, 7) is 1.55.